The Bertz CT molecular complexity index is 928. The zero-order chi connectivity index (χ0) is 20.5. The van der Waals surface area contributed by atoms with E-state index in [0.717, 1.165) is 30.3 Å². The van der Waals surface area contributed by atoms with Gasteiger partial charge in [-0.25, -0.2) is 4.79 Å². The van der Waals surface area contributed by atoms with Crippen LogP contribution in [0.15, 0.2) is 42.5 Å². The van der Waals surface area contributed by atoms with Gasteiger partial charge in [0.15, 0.2) is 18.1 Å². The summed E-state index contributed by atoms with van der Waals surface area (Å²) in [5.74, 6) is -2.50. The molecule has 0 bridgehead atoms. The molecule has 0 saturated heterocycles. The highest BCUT2D eigenvalue weighted by Crippen LogP contribution is 2.42. The average molecular weight is 403 g/mol. The topological polar surface area (TPSA) is 73.9 Å². The fraction of sp³-hybridized carbons (Fsp3) is 0.176. The lowest BCUT2D eigenvalue weighted by Gasteiger charge is -2.09. The molecule has 2 aromatic carbocycles. The Morgan fingerprint density at radius 2 is 1.75 bits per heavy atom. The Kier molecular flexibility index (Phi) is 4.84. The number of rotatable bonds is 4. The first-order valence-electron chi connectivity index (χ1n) is 7.58. The average Bonchev–Trinajstić information content (AvgIpc) is 2.92. The summed E-state index contributed by atoms with van der Waals surface area (Å²) >= 11 is 0. The summed E-state index contributed by atoms with van der Waals surface area (Å²) in [4.78, 5) is 23.6. The third kappa shape index (κ3) is 4.48. The number of esters is 1. The largest absolute Gasteiger partial charge is 0.586 e. The number of fused-ring (bicyclic) bond motifs is 1. The molecule has 0 aromatic heterocycles. The fourth-order valence-electron chi connectivity index (χ4n) is 2.26. The van der Waals surface area contributed by atoms with Crippen LogP contribution in [0, 0.1) is 0 Å². The van der Waals surface area contributed by atoms with E-state index in [1.54, 1.807) is 0 Å². The van der Waals surface area contributed by atoms with Crippen LogP contribution in [0.25, 0.3) is 0 Å². The van der Waals surface area contributed by atoms with Crippen molar-refractivity contribution >= 4 is 17.6 Å². The third-order valence-electron chi connectivity index (χ3n) is 3.44. The van der Waals surface area contributed by atoms with Crippen molar-refractivity contribution in [2.24, 2.45) is 0 Å². The molecule has 3 rings (SSSR count). The molecule has 0 fully saturated rings. The Morgan fingerprint density at radius 3 is 2.46 bits per heavy atom. The van der Waals surface area contributed by atoms with E-state index in [-0.39, 0.29) is 22.7 Å². The zero-order valence-corrected chi connectivity index (χ0v) is 13.7. The predicted octanol–water partition coefficient (Wildman–Crippen LogP) is 3.82. The maximum atomic E-state index is 12.9. The number of carbonyl (C=O) groups is 2. The minimum Gasteiger partial charge on any atom is -0.452 e. The van der Waals surface area contributed by atoms with Gasteiger partial charge < -0.3 is 19.5 Å². The molecule has 1 heterocycles. The second-order valence-corrected chi connectivity index (χ2v) is 5.53. The van der Waals surface area contributed by atoms with Gasteiger partial charge in [-0.15, -0.1) is 8.78 Å². The number of amides is 1. The van der Waals surface area contributed by atoms with Gasteiger partial charge >= 0.3 is 18.4 Å². The molecule has 1 N–H and O–H groups in total. The van der Waals surface area contributed by atoms with Crippen LogP contribution in [-0.2, 0) is 15.7 Å². The summed E-state index contributed by atoms with van der Waals surface area (Å²) in [6.07, 6.45) is -8.45. The van der Waals surface area contributed by atoms with Crippen LogP contribution in [0.5, 0.6) is 11.5 Å². The molecule has 28 heavy (non-hydrogen) atoms. The molecule has 1 amide bonds. The molecular weight excluding hydrogens is 393 g/mol. The van der Waals surface area contributed by atoms with E-state index in [4.69, 9.17) is 0 Å². The number of nitrogens with one attached hydrogen (secondary N) is 1. The molecule has 0 aliphatic carbocycles. The molecule has 1 aliphatic rings. The lowest BCUT2D eigenvalue weighted by atomic mass is 10.1. The van der Waals surface area contributed by atoms with Crippen molar-refractivity contribution in [3.05, 3.63) is 53.6 Å². The Labute approximate surface area is 153 Å². The van der Waals surface area contributed by atoms with Gasteiger partial charge in [0.1, 0.15) is 0 Å². The molecule has 1 aliphatic heterocycles. The van der Waals surface area contributed by atoms with E-state index in [2.05, 4.69) is 19.5 Å². The normalized spacial score (nSPS) is 14.5. The number of carbonyl (C=O) groups excluding carboxylic acids is 2. The Hall–Kier alpha value is -3.37. The number of ether oxygens (including phenoxy) is 3. The maximum absolute atomic E-state index is 12.9. The predicted molar refractivity (Wildman–Crippen MR) is 83.0 cm³/mol. The van der Waals surface area contributed by atoms with E-state index in [0.29, 0.717) is 6.07 Å². The molecular formula is C17H10F5NO5. The molecule has 0 spiro atoms. The molecule has 0 saturated carbocycles. The third-order valence-corrected chi connectivity index (χ3v) is 3.44. The van der Waals surface area contributed by atoms with E-state index < -0.39 is 36.5 Å². The van der Waals surface area contributed by atoms with Gasteiger partial charge in [0.05, 0.1) is 11.1 Å². The maximum Gasteiger partial charge on any atom is 0.586 e. The summed E-state index contributed by atoms with van der Waals surface area (Å²) in [5, 5.41) is 2.26. The fourth-order valence-corrected chi connectivity index (χ4v) is 2.26. The lowest BCUT2D eigenvalue weighted by Crippen LogP contribution is -2.25. The number of anilines is 1. The number of alkyl halides is 5. The summed E-state index contributed by atoms with van der Waals surface area (Å²) in [7, 11) is 0. The van der Waals surface area contributed by atoms with Gasteiger partial charge in [-0.05, 0) is 30.3 Å². The van der Waals surface area contributed by atoms with Crippen molar-refractivity contribution in [3.63, 3.8) is 0 Å². The van der Waals surface area contributed by atoms with Crippen LogP contribution in [0.1, 0.15) is 15.9 Å². The molecule has 148 valence electrons. The summed E-state index contributed by atoms with van der Waals surface area (Å²) in [6, 6.07) is 6.97. The van der Waals surface area contributed by atoms with Gasteiger partial charge in [0.25, 0.3) is 5.91 Å². The lowest BCUT2D eigenvalue weighted by molar-refractivity contribution is -0.286. The molecule has 0 atom stereocenters. The SMILES string of the molecule is O=C(COC(=O)c1cccc(C(F)(F)F)c1)Nc1ccc2c(c1)OC(F)(F)O2. The van der Waals surface area contributed by atoms with Gasteiger partial charge in [0.2, 0.25) is 0 Å². The Balaban J connectivity index is 1.57. The van der Waals surface area contributed by atoms with E-state index in [1.807, 2.05) is 0 Å². The molecule has 11 heteroatoms. The van der Waals surface area contributed by atoms with Gasteiger partial charge in [0, 0.05) is 11.8 Å². The minimum atomic E-state index is -4.64. The first-order valence-corrected chi connectivity index (χ1v) is 7.58. The zero-order valence-electron chi connectivity index (χ0n) is 13.7. The van der Waals surface area contributed by atoms with Crippen molar-refractivity contribution in [1.82, 2.24) is 0 Å². The minimum absolute atomic E-state index is 0.0557. The molecule has 6 nitrogen and oxygen atoms in total. The van der Waals surface area contributed by atoms with Gasteiger partial charge in [-0.1, -0.05) is 6.07 Å². The standard InChI is InChI=1S/C17H10F5NO5/c18-16(19,20)10-3-1-2-9(6-10)15(25)26-8-14(24)23-11-4-5-12-13(7-11)28-17(21,22)27-12/h1-7H,8H2,(H,23,24). The van der Waals surface area contributed by atoms with Crippen LogP contribution >= 0.6 is 0 Å². The van der Waals surface area contributed by atoms with E-state index in [1.165, 1.54) is 6.07 Å². The van der Waals surface area contributed by atoms with Crippen molar-refractivity contribution < 1.29 is 45.8 Å². The quantitative estimate of drug-likeness (QED) is 0.621. The van der Waals surface area contributed by atoms with Crippen molar-refractivity contribution in [3.8, 4) is 11.5 Å². The summed E-state index contributed by atoms with van der Waals surface area (Å²) in [6.45, 7) is -0.806. The number of hydrogen-bond donors (Lipinski definition) is 1. The first kappa shape index (κ1) is 19.4. The number of benzene rings is 2. The second-order valence-electron chi connectivity index (χ2n) is 5.53. The van der Waals surface area contributed by atoms with Crippen molar-refractivity contribution in [2.75, 3.05) is 11.9 Å². The Morgan fingerprint density at radius 1 is 1.04 bits per heavy atom. The van der Waals surface area contributed by atoms with Crippen molar-refractivity contribution in [2.45, 2.75) is 12.5 Å². The highest BCUT2D eigenvalue weighted by atomic mass is 19.4. The molecule has 2 aromatic rings. The van der Waals surface area contributed by atoms with Crippen LogP contribution in [0.2, 0.25) is 0 Å². The molecule has 0 unspecified atom stereocenters. The van der Waals surface area contributed by atoms with E-state index >= 15 is 0 Å². The monoisotopic (exact) mass is 403 g/mol. The van der Waals surface area contributed by atoms with Gasteiger partial charge in [-0.3, -0.25) is 4.79 Å². The highest BCUT2D eigenvalue weighted by molar-refractivity contribution is 5.95. The summed E-state index contributed by atoms with van der Waals surface area (Å²) < 4.78 is 76.9. The van der Waals surface area contributed by atoms with E-state index in [9.17, 15) is 31.5 Å². The van der Waals surface area contributed by atoms with Crippen molar-refractivity contribution in [1.29, 1.82) is 0 Å². The highest BCUT2D eigenvalue weighted by Gasteiger charge is 2.43. The summed E-state index contributed by atoms with van der Waals surface area (Å²) in [5.41, 5.74) is -1.36. The van der Waals surface area contributed by atoms with Gasteiger partial charge in [-0.2, -0.15) is 13.2 Å². The molecule has 0 radical (unpaired) electrons. The smallest absolute Gasteiger partial charge is 0.452 e. The first-order chi connectivity index (χ1) is 13.0. The second kappa shape index (κ2) is 6.98. The number of halogens is 5. The van der Waals surface area contributed by atoms with Crippen LogP contribution < -0.4 is 14.8 Å². The van der Waals surface area contributed by atoms with Crippen LogP contribution in [-0.4, -0.2) is 24.8 Å². The number of hydrogen-bond acceptors (Lipinski definition) is 5. The van der Waals surface area contributed by atoms with Crippen LogP contribution in [0.3, 0.4) is 0 Å². The van der Waals surface area contributed by atoms with Crippen LogP contribution in [0.4, 0.5) is 27.6 Å².